The summed E-state index contributed by atoms with van der Waals surface area (Å²) in [5, 5.41) is 0. The van der Waals surface area contributed by atoms with E-state index in [1.165, 1.54) is 18.9 Å². The number of allylic oxidation sites excluding steroid dienone is 1. The molecule has 10 nitrogen and oxygen atoms in total. The molecule has 2 aliphatic rings. The molecule has 0 aromatic heterocycles. The number of fused-ring (bicyclic) bond motifs is 2. The number of cyclic esters (lactones) is 1. The molecule has 0 bridgehead atoms. The molecule has 0 saturated heterocycles. The maximum Gasteiger partial charge on any atom is 0.339 e. The Morgan fingerprint density at radius 2 is 1.77 bits per heavy atom. The van der Waals surface area contributed by atoms with Crippen molar-refractivity contribution in [1.82, 2.24) is 0 Å². The highest BCUT2D eigenvalue weighted by atomic mass is 16.6. The van der Waals surface area contributed by atoms with Gasteiger partial charge in [0, 0.05) is 11.3 Å². The third kappa shape index (κ3) is 3.11. The molecule has 1 aromatic carbocycles. The zero-order chi connectivity index (χ0) is 22.9. The average Bonchev–Trinajstić information content (AvgIpc) is 3.01. The second-order valence-electron chi connectivity index (χ2n) is 6.72. The van der Waals surface area contributed by atoms with Crippen LogP contribution in [0.3, 0.4) is 0 Å². The number of nitrogens with zero attached hydrogens (tertiary/aromatic N) is 1. The summed E-state index contributed by atoms with van der Waals surface area (Å²) in [6.45, 7) is 2.72. The lowest BCUT2D eigenvalue weighted by atomic mass is 9.66. The molecule has 3 rings (SSSR count). The number of hydrogen-bond donors (Lipinski definition) is 1. The van der Waals surface area contributed by atoms with Crippen LogP contribution in [-0.2, 0) is 43.5 Å². The van der Waals surface area contributed by atoms with E-state index in [1.54, 1.807) is 31.2 Å². The molecule has 1 aromatic rings. The van der Waals surface area contributed by atoms with Gasteiger partial charge in [-0.15, -0.1) is 0 Å². The second-order valence-corrected chi connectivity index (χ2v) is 6.72. The number of nitrogens with two attached hydrogens (primary N) is 1. The van der Waals surface area contributed by atoms with Crippen LogP contribution in [0.5, 0.6) is 0 Å². The Hall–Kier alpha value is -3.82. The van der Waals surface area contributed by atoms with Crippen LogP contribution in [-0.4, -0.2) is 51.2 Å². The lowest BCUT2D eigenvalue weighted by molar-refractivity contribution is -0.146. The SMILES string of the molecule is CCOC(=O)C1=C(C)OC(=O)[C@@]12C(C(=O)OC)=C(N)N(CC(=O)OC)c1ccccc12. The smallest absolute Gasteiger partial charge is 0.339 e. The summed E-state index contributed by atoms with van der Waals surface area (Å²) in [6.07, 6.45) is 0. The molecule has 31 heavy (non-hydrogen) atoms. The normalized spacial score (nSPS) is 19.9. The van der Waals surface area contributed by atoms with E-state index in [2.05, 4.69) is 0 Å². The Bertz CT molecular complexity index is 1040. The topological polar surface area (TPSA) is 134 Å². The summed E-state index contributed by atoms with van der Waals surface area (Å²) in [5.74, 6) is -3.60. The minimum absolute atomic E-state index is 0.0196. The fourth-order valence-electron chi connectivity index (χ4n) is 3.95. The van der Waals surface area contributed by atoms with E-state index in [9.17, 15) is 19.2 Å². The van der Waals surface area contributed by atoms with Crippen LogP contribution >= 0.6 is 0 Å². The maximum absolute atomic E-state index is 13.3. The Labute approximate surface area is 178 Å². The highest BCUT2D eigenvalue weighted by Crippen LogP contribution is 2.53. The number of hydrogen-bond acceptors (Lipinski definition) is 10. The number of ether oxygens (including phenoxy) is 4. The zero-order valence-corrected chi connectivity index (χ0v) is 17.5. The van der Waals surface area contributed by atoms with Crippen molar-refractivity contribution >= 4 is 29.6 Å². The first-order valence-corrected chi connectivity index (χ1v) is 9.38. The van der Waals surface area contributed by atoms with Crippen LogP contribution in [0.25, 0.3) is 0 Å². The van der Waals surface area contributed by atoms with Crippen LogP contribution in [0, 0.1) is 0 Å². The van der Waals surface area contributed by atoms with E-state index in [1.807, 2.05) is 0 Å². The first-order chi connectivity index (χ1) is 14.7. The fourth-order valence-corrected chi connectivity index (χ4v) is 3.95. The molecule has 10 heteroatoms. The number of anilines is 1. The van der Waals surface area contributed by atoms with E-state index < -0.39 is 29.3 Å². The molecular weight excluding hydrogens is 408 g/mol. The van der Waals surface area contributed by atoms with Crippen LogP contribution in [0.1, 0.15) is 19.4 Å². The molecule has 0 amide bonds. The number of methoxy groups -OCH3 is 2. The first-order valence-electron chi connectivity index (χ1n) is 9.38. The molecule has 164 valence electrons. The van der Waals surface area contributed by atoms with Gasteiger partial charge >= 0.3 is 23.9 Å². The van der Waals surface area contributed by atoms with Crippen molar-refractivity contribution in [2.45, 2.75) is 19.3 Å². The van der Waals surface area contributed by atoms with Gasteiger partial charge in [-0.25, -0.2) is 14.4 Å². The molecule has 0 fully saturated rings. The molecule has 0 unspecified atom stereocenters. The Morgan fingerprint density at radius 3 is 2.39 bits per heavy atom. The molecule has 1 atom stereocenters. The highest BCUT2D eigenvalue weighted by Gasteiger charge is 2.63. The summed E-state index contributed by atoms with van der Waals surface area (Å²) in [4.78, 5) is 52.6. The van der Waals surface area contributed by atoms with Crippen LogP contribution in [0.15, 0.2) is 47.0 Å². The van der Waals surface area contributed by atoms with Gasteiger partial charge < -0.3 is 29.6 Å². The summed E-state index contributed by atoms with van der Waals surface area (Å²) in [5.41, 5.74) is 4.34. The van der Waals surface area contributed by atoms with Gasteiger partial charge in [0.15, 0.2) is 5.41 Å². The Morgan fingerprint density at radius 1 is 1.10 bits per heavy atom. The zero-order valence-electron chi connectivity index (χ0n) is 17.5. The lowest BCUT2D eigenvalue weighted by Crippen LogP contribution is -2.51. The quantitative estimate of drug-likeness (QED) is 0.524. The van der Waals surface area contributed by atoms with Gasteiger partial charge in [0.05, 0.1) is 20.8 Å². The van der Waals surface area contributed by atoms with Crippen molar-refractivity contribution in [3.63, 3.8) is 0 Å². The highest BCUT2D eigenvalue weighted by molar-refractivity contribution is 6.16. The van der Waals surface area contributed by atoms with Gasteiger partial charge in [0.1, 0.15) is 29.3 Å². The number of esters is 4. The van der Waals surface area contributed by atoms with Gasteiger partial charge in [0.2, 0.25) is 0 Å². The molecule has 2 N–H and O–H groups in total. The number of para-hydroxylation sites is 1. The lowest BCUT2D eigenvalue weighted by Gasteiger charge is -2.40. The molecular formula is C21H22N2O8. The monoisotopic (exact) mass is 430 g/mol. The van der Waals surface area contributed by atoms with E-state index >= 15 is 0 Å². The molecule has 1 spiro atoms. The predicted molar refractivity (Wildman–Crippen MR) is 106 cm³/mol. The predicted octanol–water partition coefficient (Wildman–Crippen LogP) is 0.655. The van der Waals surface area contributed by atoms with Gasteiger partial charge in [0.25, 0.3) is 0 Å². The minimum atomic E-state index is -2.02. The average molecular weight is 430 g/mol. The summed E-state index contributed by atoms with van der Waals surface area (Å²) in [6, 6.07) is 6.43. The molecule has 0 radical (unpaired) electrons. The van der Waals surface area contributed by atoms with Gasteiger partial charge in [-0.3, -0.25) is 4.79 Å². The largest absolute Gasteiger partial charge is 0.468 e. The standard InChI is InChI=1S/C21H22N2O8/c1-5-30-19(26)15-11(2)31-20(27)21(15)12-8-6-7-9-13(12)23(10-14(24)28-3)17(22)16(21)18(25)29-4/h6-9H,5,10,22H2,1-4H3/t21-/m1/s1. The molecule has 0 saturated carbocycles. The van der Waals surface area contributed by atoms with Crippen molar-refractivity contribution in [3.05, 3.63) is 52.6 Å². The van der Waals surface area contributed by atoms with Crippen molar-refractivity contribution in [1.29, 1.82) is 0 Å². The summed E-state index contributed by atoms with van der Waals surface area (Å²) < 4.78 is 20.1. The number of carbonyl (C=O) groups is 4. The van der Waals surface area contributed by atoms with E-state index in [0.717, 1.165) is 7.11 Å². The van der Waals surface area contributed by atoms with Gasteiger partial charge in [-0.1, -0.05) is 18.2 Å². The molecule has 2 heterocycles. The molecule has 0 aliphatic carbocycles. The Balaban J connectivity index is 2.42. The third-order valence-corrected chi connectivity index (χ3v) is 5.18. The van der Waals surface area contributed by atoms with Crippen molar-refractivity contribution in [3.8, 4) is 0 Å². The van der Waals surface area contributed by atoms with Crippen LogP contribution < -0.4 is 10.6 Å². The number of benzene rings is 1. The van der Waals surface area contributed by atoms with Crippen molar-refractivity contribution in [2.75, 3.05) is 32.3 Å². The fraction of sp³-hybridized carbons (Fsp3) is 0.333. The first kappa shape index (κ1) is 21.9. The minimum Gasteiger partial charge on any atom is -0.468 e. The van der Waals surface area contributed by atoms with Gasteiger partial charge in [-0.05, 0) is 19.9 Å². The van der Waals surface area contributed by atoms with E-state index in [0.29, 0.717) is 5.69 Å². The van der Waals surface area contributed by atoms with E-state index in [-0.39, 0.29) is 41.4 Å². The summed E-state index contributed by atoms with van der Waals surface area (Å²) >= 11 is 0. The maximum atomic E-state index is 13.3. The van der Waals surface area contributed by atoms with Crippen molar-refractivity contribution in [2.24, 2.45) is 5.73 Å². The van der Waals surface area contributed by atoms with Gasteiger partial charge in [-0.2, -0.15) is 0 Å². The van der Waals surface area contributed by atoms with Crippen LogP contribution in [0.4, 0.5) is 5.69 Å². The van der Waals surface area contributed by atoms with E-state index in [4.69, 9.17) is 24.7 Å². The number of rotatable bonds is 5. The van der Waals surface area contributed by atoms with Crippen LogP contribution in [0.2, 0.25) is 0 Å². The Kier molecular flexibility index (Phi) is 5.74. The third-order valence-electron chi connectivity index (χ3n) is 5.18. The number of carbonyl (C=O) groups excluding carboxylic acids is 4. The summed E-state index contributed by atoms with van der Waals surface area (Å²) in [7, 11) is 2.32. The second kappa shape index (κ2) is 8.13. The molecule has 2 aliphatic heterocycles. The van der Waals surface area contributed by atoms with Crippen molar-refractivity contribution < 1.29 is 38.1 Å².